The van der Waals surface area contributed by atoms with Gasteiger partial charge in [0, 0.05) is 18.9 Å². The maximum absolute atomic E-state index is 6.22. The molecule has 0 radical (unpaired) electrons. The van der Waals surface area contributed by atoms with E-state index in [-0.39, 0.29) is 0 Å². The van der Waals surface area contributed by atoms with Crippen LogP contribution in [-0.4, -0.2) is 34.7 Å². The molecule has 1 fully saturated rings. The Balaban J connectivity index is 1.10. The van der Waals surface area contributed by atoms with Gasteiger partial charge in [0.1, 0.15) is 0 Å². The minimum Gasteiger partial charge on any atom is -0.421 e. The Labute approximate surface area is 205 Å². The van der Waals surface area contributed by atoms with E-state index in [9.17, 15) is 0 Å². The summed E-state index contributed by atoms with van der Waals surface area (Å²) in [5, 5.41) is 9.48. The molecule has 1 aliphatic heterocycles. The van der Waals surface area contributed by atoms with Gasteiger partial charge < -0.3 is 9.32 Å². The molecule has 0 saturated carbocycles. The lowest BCUT2D eigenvalue weighted by molar-refractivity contribution is 0.209. The van der Waals surface area contributed by atoms with Gasteiger partial charge in [-0.25, -0.2) is 0 Å². The summed E-state index contributed by atoms with van der Waals surface area (Å²) in [6.07, 6.45) is 9.02. The fourth-order valence-electron chi connectivity index (χ4n) is 5.12. The fourth-order valence-corrected chi connectivity index (χ4v) is 5.43. The van der Waals surface area contributed by atoms with Crippen molar-refractivity contribution in [2.45, 2.75) is 51.4 Å². The van der Waals surface area contributed by atoms with Crippen LogP contribution in [0.4, 0.5) is 0 Å². The van der Waals surface area contributed by atoms with Crippen molar-refractivity contribution < 1.29 is 4.42 Å². The van der Waals surface area contributed by atoms with Crippen LogP contribution < -0.4 is 0 Å². The first-order chi connectivity index (χ1) is 16.1. The molecule has 0 bridgehead atoms. The average molecular weight is 482 g/mol. The molecule has 1 saturated heterocycles. The summed E-state index contributed by atoms with van der Waals surface area (Å²) in [5.41, 5.74) is 6.60. The molecule has 0 atom stereocenters. The quantitative estimate of drug-likeness (QED) is 0.341. The highest BCUT2D eigenvalue weighted by Gasteiger charge is 2.22. The van der Waals surface area contributed by atoms with Crippen molar-refractivity contribution >= 4 is 34.9 Å². The molecule has 3 aromatic rings. The number of halogens is 2. The number of rotatable bonds is 7. The molecule has 2 aliphatic rings. The summed E-state index contributed by atoms with van der Waals surface area (Å²) in [4.78, 5) is 2.61. The normalized spacial score (nSPS) is 16.8. The minimum atomic E-state index is 0.589. The van der Waals surface area contributed by atoms with Crippen molar-refractivity contribution in [1.29, 1.82) is 0 Å². The number of benzene rings is 2. The molecule has 172 valence electrons. The predicted molar refractivity (Wildman–Crippen MR) is 135 cm³/mol. The first-order valence-corrected chi connectivity index (χ1v) is 12.6. The van der Waals surface area contributed by atoms with Gasteiger partial charge in [-0.2, -0.15) is 0 Å². The highest BCUT2D eigenvalue weighted by molar-refractivity contribution is 6.42. The highest BCUT2D eigenvalue weighted by Crippen LogP contribution is 2.34. The number of allylic oxidation sites excluding steroid dienone is 1. The van der Waals surface area contributed by atoms with Gasteiger partial charge in [0.05, 0.1) is 10.0 Å². The van der Waals surface area contributed by atoms with Crippen LogP contribution in [0.5, 0.6) is 0 Å². The number of aryl methyl sites for hydroxylation is 2. The van der Waals surface area contributed by atoms with E-state index in [0.717, 1.165) is 31.5 Å². The monoisotopic (exact) mass is 481 g/mol. The summed E-state index contributed by atoms with van der Waals surface area (Å²) in [6, 6.07) is 12.8. The minimum absolute atomic E-state index is 0.589. The number of hydrogen-bond donors (Lipinski definition) is 0. The first-order valence-electron chi connectivity index (χ1n) is 11.9. The predicted octanol–water partition coefficient (Wildman–Crippen LogP) is 6.98. The van der Waals surface area contributed by atoms with Crippen molar-refractivity contribution in [3.8, 4) is 0 Å². The number of piperidine rings is 1. The lowest BCUT2D eigenvalue weighted by atomic mass is 9.89. The van der Waals surface area contributed by atoms with Crippen molar-refractivity contribution in [3.63, 3.8) is 0 Å². The molecule has 0 spiro atoms. The van der Waals surface area contributed by atoms with Crippen LogP contribution in [0.1, 0.15) is 65.6 Å². The van der Waals surface area contributed by atoms with Gasteiger partial charge in [-0.3, -0.25) is 0 Å². The first kappa shape index (κ1) is 22.6. The summed E-state index contributed by atoms with van der Waals surface area (Å²) in [6.45, 7) is 5.31. The Bertz CT molecular complexity index is 1160. The van der Waals surface area contributed by atoms with E-state index in [1.165, 1.54) is 54.5 Å². The summed E-state index contributed by atoms with van der Waals surface area (Å²) in [7, 11) is 0. The maximum atomic E-state index is 6.22. The zero-order chi connectivity index (χ0) is 22.8. The van der Waals surface area contributed by atoms with Crippen LogP contribution in [-0.2, 0) is 12.8 Å². The van der Waals surface area contributed by atoms with E-state index in [4.69, 9.17) is 27.6 Å². The molecule has 2 aromatic carbocycles. The Morgan fingerprint density at radius 3 is 2.64 bits per heavy atom. The molecule has 5 rings (SSSR count). The molecule has 1 aromatic heterocycles. The Hall–Kier alpha value is -2.14. The van der Waals surface area contributed by atoms with Crippen LogP contribution in [0.3, 0.4) is 0 Å². The molecular weight excluding hydrogens is 453 g/mol. The van der Waals surface area contributed by atoms with Gasteiger partial charge >= 0.3 is 0 Å². The number of unbranched alkanes of at least 4 members (excludes halogenated alkanes) is 1. The zero-order valence-corrected chi connectivity index (χ0v) is 20.5. The second-order valence-corrected chi connectivity index (χ2v) is 10.0. The molecule has 6 heteroatoms. The van der Waals surface area contributed by atoms with Crippen LogP contribution in [0.15, 0.2) is 40.8 Å². The summed E-state index contributed by atoms with van der Waals surface area (Å²) < 4.78 is 5.64. The molecule has 4 nitrogen and oxygen atoms in total. The Morgan fingerprint density at radius 2 is 1.88 bits per heavy atom. The Kier molecular flexibility index (Phi) is 6.86. The SMILES string of the molecule is Cc1nnc(C2=Cc3c(CCCCN4CCC(c5ccc(Cl)c(Cl)c5)CC4)cccc3C2)o1. The molecule has 0 amide bonds. The molecule has 2 heterocycles. The number of aromatic nitrogens is 2. The van der Waals surface area contributed by atoms with Gasteiger partial charge in [0.25, 0.3) is 0 Å². The number of fused-ring (bicyclic) bond motifs is 1. The van der Waals surface area contributed by atoms with Gasteiger partial charge in [-0.05, 0) is 98.1 Å². The van der Waals surface area contributed by atoms with E-state index >= 15 is 0 Å². The van der Waals surface area contributed by atoms with Crippen LogP contribution >= 0.6 is 23.2 Å². The third-order valence-corrected chi connectivity index (χ3v) is 7.70. The van der Waals surface area contributed by atoms with E-state index in [2.05, 4.69) is 45.4 Å². The van der Waals surface area contributed by atoms with Crippen LogP contribution in [0.2, 0.25) is 10.0 Å². The van der Waals surface area contributed by atoms with Gasteiger partial charge in [-0.1, -0.05) is 47.5 Å². The molecule has 1 aliphatic carbocycles. The van der Waals surface area contributed by atoms with E-state index in [1.54, 1.807) is 0 Å². The third-order valence-electron chi connectivity index (χ3n) is 6.96. The highest BCUT2D eigenvalue weighted by atomic mass is 35.5. The Morgan fingerprint density at radius 1 is 1.03 bits per heavy atom. The molecular formula is C27H29Cl2N3O. The van der Waals surface area contributed by atoms with Crippen LogP contribution in [0, 0.1) is 6.92 Å². The standard InChI is InChI=1S/C27H29Cl2N3O/c1-18-30-31-27(33-18)23-15-22-7-4-6-20(24(22)16-23)5-2-3-12-32-13-10-19(11-14-32)21-8-9-25(28)26(29)17-21/h4,6-9,16-17,19H,2-3,5,10-15H2,1H3. The van der Waals surface area contributed by atoms with E-state index in [0.29, 0.717) is 27.7 Å². The fraction of sp³-hybridized carbons (Fsp3) is 0.407. The number of likely N-dealkylation sites (tertiary alicyclic amines) is 1. The van der Waals surface area contributed by atoms with Crippen molar-refractivity contribution in [2.24, 2.45) is 0 Å². The van der Waals surface area contributed by atoms with Gasteiger partial charge in [-0.15, -0.1) is 10.2 Å². The molecule has 0 unspecified atom stereocenters. The largest absolute Gasteiger partial charge is 0.421 e. The van der Waals surface area contributed by atoms with Crippen LogP contribution in [0.25, 0.3) is 11.6 Å². The second-order valence-electron chi connectivity index (χ2n) is 9.21. The van der Waals surface area contributed by atoms with Crippen molar-refractivity contribution in [2.75, 3.05) is 19.6 Å². The summed E-state index contributed by atoms with van der Waals surface area (Å²) in [5.74, 6) is 1.86. The zero-order valence-electron chi connectivity index (χ0n) is 19.0. The second kappa shape index (κ2) is 10.0. The lowest BCUT2D eigenvalue weighted by Gasteiger charge is -2.32. The molecule has 0 N–H and O–H groups in total. The topological polar surface area (TPSA) is 42.2 Å². The maximum Gasteiger partial charge on any atom is 0.244 e. The number of hydrogen-bond acceptors (Lipinski definition) is 4. The molecule has 33 heavy (non-hydrogen) atoms. The van der Waals surface area contributed by atoms with Crippen molar-refractivity contribution in [1.82, 2.24) is 15.1 Å². The van der Waals surface area contributed by atoms with Crippen molar-refractivity contribution in [3.05, 3.63) is 80.5 Å². The number of nitrogens with zero attached hydrogens (tertiary/aromatic N) is 3. The average Bonchev–Trinajstić information content (AvgIpc) is 3.45. The van der Waals surface area contributed by atoms with Gasteiger partial charge in [0.15, 0.2) is 0 Å². The van der Waals surface area contributed by atoms with Gasteiger partial charge in [0.2, 0.25) is 11.8 Å². The van der Waals surface area contributed by atoms with E-state index < -0.39 is 0 Å². The summed E-state index contributed by atoms with van der Waals surface area (Å²) >= 11 is 12.3. The lowest BCUT2D eigenvalue weighted by Crippen LogP contribution is -2.33. The van der Waals surface area contributed by atoms with E-state index in [1.807, 2.05) is 19.1 Å². The smallest absolute Gasteiger partial charge is 0.244 e. The third kappa shape index (κ3) is 5.18.